The van der Waals surface area contributed by atoms with Crippen LogP contribution in [0.4, 0.5) is 0 Å². The maximum atomic E-state index is 7.50. The van der Waals surface area contributed by atoms with Crippen molar-refractivity contribution in [2.45, 2.75) is 93.9 Å². The Labute approximate surface area is 222 Å². The average molecular weight is 499 g/mol. The largest absolute Gasteiger partial charge is 0.377 e. The first-order valence-electron chi connectivity index (χ1n) is 14.5. The first kappa shape index (κ1) is 24.1. The fraction of sp³-hybridized carbons (Fsp3) is 0.606. The predicted octanol–water partition coefficient (Wildman–Crippen LogP) is 6.37. The molecule has 3 aliphatic carbocycles. The quantitative estimate of drug-likeness (QED) is 0.480. The summed E-state index contributed by atoms with van der Waals surface area (Å²) in [6.07, 6.45) is 18.5. The van der Waals surface area contributed by atoms with Gasteiger partial charge in [0.1, 0.15) is 0 Å². The summed E-state index contributed by atoms with van der Waals surface area (Å²) in [5, 5.41) is 3.95. The van der Waals surface area contributed by atoms with Crippen molar-refractivity contribution in [1.29, 1.82) is 0 Å². The van der Waals surface area contributed by atoms with E-state index >= 15 is 0 Å². The zero-order valence-electron chi connectivity index (χ0n) is 22.8. The van der Waals surface area contributed by atoms with E-state index < -0.39 is 0 Å². The second-order valence-electron chi connectivity index (χ2n) is 13.3. The molecular formula is C33H42N2O2. The number of hydrogen-bond acceptors (Lipinski definition) is 4. The summed E-state index contributed by atoms with van der Waals surface area (Å²) in [5.74, 6) is 1.10. The van der Waals surface area contributed by atoms with Crippen LogP contribution in [0.25, 0.3) is 6.08 Å². The Balaban J connectivity index is 1.20. The fourth-order valence-corrected chi connectivity index (χ4v) is 9.31. The topological polar surface area (TPSA) is 42.8 Å². The van der Waals surface area contributed by atoms with Crippen molar-refractivity contribution < 1.29 is 9.47 Å². The number of nitrogens with zero attached hydrogens (tertiary/aromatic N) is 1. The molecule has 6 aliphatic rings. The normalized spacial score (nSPS) is 41.3. The van der Waals surface area contributed by atoms with Gasteiger partial charge < -0.3 is 14.8 Å². The third kappa shape index (κ3) is 3.41. The molecular weight excluding hydrogens is 456 g/mol. The number of benzene rings is 1. The third-order valence-corrected chi connectivity index (χ3v) is 11.1. The van der Waals surface area contributed by atoms with Gasteiger partial charge in [-0.2, -0.15) is 0 Å². The summed E-state index contributed by atoms with van der Waals surface area (Å²) in [7, 11) is 1.85. The van der Waals surface area contributed by atoms with Gasteiger partial charge in [0.25, 0.3) is 0 Å². The SMILES string of the molecule is C=Cc1ccc(C2CC[C@H]3[C@@]45CC[C@]6(C[C@@H](NC7(C)COC7)CCC6=CC4=CC[C@]23C)O5)cc1C=NC. The van der Waals surface area contributed by atoms with Gasteiger partial charge in [-0.25, -0.2) is 0 Å². The van der Waals surface area contributed by atoms with Gasteiger partial charge in [-0.05, 0) is 109 Å². The van der Waals surface area contributed by atoms with Crippen molar-refractivity contribution in [3.8, 4) is 0 Å². The molecule has 0 aromatic heterocycles. The Morgan fingerprint density at radius 2 is 1.97 bits per heavy atom. The molecule has 37 heavy (non-hydrogen) atoms. The van der Waals surface area contributed by atoms with Gasteiger partial charge in [0.15, 0.2) is 0 Å². The maximum Gasteiger partial charge on any atom is 0.0974 e. The molecule has 4 fully saturated rings. The highest BCUT2D eigenvalue weighted by Crippen LogP contribution is 2.69. The van der Waals surface area contributed by atoms with Gasteiger partial charge in [-0.3, -0.25) is 4.99 Å². The summed E-state index contributed by atoms with van der Waals surface area (Å²) < 4.78 is 13.0. The standard InChI is InChI=1S/C33H42N2O2/c1-5-22-6-7-23(16-24(22)19-34-4)28-10-11-29-31(28,3)13-12-26-17-25-8-9-27(35-30(2)20-36-21-30)18-32(25)14-15-33(26,29)37-32/h5-7,12,16-17,19,27-29,35H,1,8-11,13-15,18,20-21H2,2-4H3/t27-,28?,29+,31+,32+,33+/m0/s1. The molecule has 2 saturated heterocycles. The summed E-state index contributed by atoms with van der Waals surface area (Å²) >= 11 is 0. The summed E-state index contributed by atoms with van der Waals surface area (Å²) in [6.45, 7) is 10.5. The lowest BCUT2D eigenvalue weighted by Gasteiger charge is -2.55. The van der Waals surface area contributed by atoms with Crippen LogP contribution in [-0.4, -0.2) is 49.3 Å². The molecule has 2 saturated carbocycles. The molecule has 2 bridgehead atoms. The molecule has 6 atom stereocenters. The van der Waals surface area contributed by atoms with E-state index in [0.717, 1.165) is 38.0 Å². The predicted molar refractivity (Wildman–Crippen MR) is 150 cm³/mol. The van der Waals surface area contributed by atoms with E-state index in [4.69, 9.17) is 9.47 Å². The van der Waals surface area contributed by atoms with Crippen LogP contribution in [0.3, 0.4) is 0 Å². The number of hydrogen-bond donors (Lipinski definition) is 1. The smallest absolute Gasteiger partial charge is 0.0974 e. The number of aliphatic imine (C=N–C) groups is 1. The molecule has 1 aromatic rings. The molecule has 7 rings (SSSR count). The monoisotopic (exact) mass is 498 g/mol. The Morgan fingerprint density at radius 3 is 2.73 bits per heavy atom. The second kappa shape index (κ2) is 8.24. The first-order valence-corrected chi connectivity index (χ1v) is 14.5. The van der Waals surface area contributed by atoms with E-state index in [1.165, 1.54) is 48.8 Å². The van der Waals surface area contributed by atoms with Crippen molar-refractivity contribution >= 4 is 12.3 Å². The minimum atomic E-state index is -0.106. The van der Waals surface area contributed by atoms with Crippen molar-refractivity contribution in [3.63, 3.8) is 0 Å². The van der Waals surface area contributed by atoms with Crippen LogP contribution < -0.4 is 5.32 Å². The van der Waals surface area contributed by atoms with Crippen LogP contribution in [0.1, 0.15) is 87.8 Å². The van der Waals surface area contributed by atoms with Gasteiger partial charge in [0.2, 0.25) is 0 Å². The minimum Gasteiger partial charge on any atom is -0.377 e. The van der Waals surface area contributed by atoms with Gasteiger partial charge in [-0.15, -0.1) is 0 Å². The number of fused-ring (bicyclic) bond motifs is 1. The first-order chi connectivity index (χ1) is 17.8. The lowest BCUT2D eigenvalue weighted by atomic mass is 9.58. The van der Waals surface area contributed by atoms with Gasteiger partial charge in [0, 0.05) is 19.3 Å². The number of rotatable bonds is 5. The van der Waals surface area contributed by atoms with Crippen LogP contribution >= 0.6 is 0 Å². The molecule has 196 valence electrons. The Morgan fingerprint density at radius 1 is 1.11 bits per heavy atom. The van der Waals surface area contributed by atoms with Crippen LogP contribution in [0, 0.1) is 11.3 Å². The number of ether oxygens (including phenoxy) is 2. The molecule has 2 spiro atoms. The summed E-state index contributed by atoms with van der Waals surface area (Å²) in [5.41, 5.74) is 7.05. The van der Waals surface area contributed by atoms with E-state index in [-0.39, 0.29) is 22.2 Å². The molecule has 4 nitrogen and oxygen atoms in total. The molecule has 1 aromatic carbocycles. The third-order valence-electron chi connectivity index (χ3n) is 11.1. The van der Waals surface area contributed by atoms with Crippen molar-refractivity contribution in [1.82, 2.24) is 5.32 Å². The van der Waals surface area contributed by atoms with E-state index in [9.17, 15) is 0 Å². The number of nitrogens with one attached hydrogen (secondary N) is 1. The number of allylic oxidation sites excluding steroid dienone is 1. The molecule has 3 aliphatic heterocycles. The highest BCUT2D eigenvalue weighted by molar-refractivity contribution is 5.85. The highest BCUT2D eigenvalue weighted by atomic mass is 16.5. The van der Waals surface area contributed by atoms with Gasteiger partial charge in [0.05, 0.1) is 30.0 Å². The molecule has 1 unspecified atom stereocenters. The van der Waals surface area contributed by atoms with E-state index in [1.54, 1.807) is 5.57 Å². The maximum absolute atomic E-state index is 7.50. The Hall–Kier alpha value is -2.01. The minimum absolute atomic E-state index is 0.0685. The second-order valence-corrected chi connectivity index (χ2v) is 13.3. The van der Waals surface area contributed by atoms with Crippen LogP contribution in [0.15, 0.2) is 53.1 Å². The summed E-state index contributed by atoms with van der Waals surface area (Å²) in [4.78, 5) is 4.32. The average Bonchev–Trinajstić information content (AvgIpc) is 3.38. The summed E-state index contributed by atoms with van der Waals surface area (Å²) in [6, 6.07) is 7.46. The van der Waals surface area contributed by atoms with Crippen molar-refractivity contribution in [2.75, 3.05) is 20.3 Å². The fourth-order valence-electron chi connectivity index (χ4n) is 9.31. The van der Waals surface area contributed by atoms with Crippen LogP contribution in [0.2, 0.25) is 0 Å². The van der Waals surface area contributed by atoms with E-state index in [2.05, 4.69) is 61.1 Å². The van der Waals surface area contributed by atoms with E-state index in [0.29, 0.717) is 17.9 Å². The molecule has 3 heterocycles. The molecule has 0 radical (unpaired) electrons. The lowest BCUT2D eigenvalue weighted by molar-refractivity contribution is -0.140. The lowest BCUT2D eigenvalue weighted by Crippen LogP contribution is -2.63. The molecule has 0 amide bonds. The van der Waals surface area contributed by atoms with Crippen molar-refractivity contribution in [3.05, 3.63) is 64.8 Å². The van der Waals surface area contributed by atoms with Crippen molar-refractivity contribution in [2.24, 2.45) is 16.3 Å². The molecule has 1 N–H and O–H groups in total. The Kier molecular flexibility index (Phi) is 5.36. The van der Waals surface area contributed by atoms with E-state index in [1.807, 2.05) is 19.3 Å². The highest BCUT2D eigenvalue weighted by Gasteiger charge is 2.66. The Bertz CT molecular complexity index is 1220. The van der Waals surface area contributed by atoms with Gasteiger partial charge >= 0.3 is 0 Å². The zero-order valence-corrected chi connectivity index (χ0v) is 22.8. The van der Waals surface area contributed by atoms with Gasteiger partial charge in [-0.1, -0.05) is 43.9 Å². The van der Waals surface area contributed by atoms with Crippen LogP contribution in [0.5, 0.6) is 0 Å². The zero-order chi connectivity index (χ0) is 25.5. The molecule has 4 heteroatoms. The van der Waals surface area contributed by atoms with Crippen LogP contribution in [-0.2, 0) is 9.47 Å².